The lowest BCUT2D eigenvalue weighted by molar-refractivity contribution is -0.133. The highest BCUT2D eigenvalue weighted by atomic mass is 16.5. The van der Waals surface area contributed by atoms with Gasteiger partial charge in [0.15, 0.2) is 12.4 Å². The number of carbonyl (C=O) groups excluding carboxylic acids is 2. The number of ether oxygens (including phenoxy) is 1. The Morgan fingerprint density at radius 2 is 1.83 bits per heavy atom. The number of hydrogen-bond acceptors (Lipinski definition) is 4. The molecule has 0 unspecified atom stereocenters. The standard InChI is InChI=1S/C18H26N2O3/c1-13(2)18(22)14-7-8-16(15(19)11-14)23-12-17(21)20-9-5-3-4-6-10-20/h7-8,11,13H,3-6,9-10,12,19H2,1-2H3. The van der Waals surface area contributed by atoms with Gasteiger partial charge in [-0.1, -0.05) is 26.7 Å². The van der Waals surface area contributed by atoms with Gasteiger partial charge in [-0.15, -0.1) is 0 Å². The summed E-state index contributed by atoms with van der Waals surface area (Å²) in [6.45, 7) is 5.30. The molecule has 0 atom stereocenters. The Morgan fingerprint density at radius 1 is 1.17 bits per heavy atom. The van der Waals surface area contributed by atoms with Gasteiger partial charge in [-0.3, -0.25) is 9.59 Å². The number of nitrogen functional groups attached to an aromatic ring is 1. The average Bonchev–Trinajstić information content (AvgIpc) is 2.81. The topological polar surface area (TPSA) is 72.6 Å². The van der Waals surface area contributed by atoms with Crippen LogP contribution in [0.15, 0.2) is 18.2 Å². The van der Waals surface area contributed by atoms with Gasteiger partial charge in [-0.2, -0.15) is 0 Å². The second-order valence-corrected chi connectivity index (χ2v) is 6.36. The summed E-state index contributed by atoms with van der Waals surface area (Å²) in [6.07, 6.45) is 4.48. The van der Waals surface area contributed by atoms with E-state index in [0.29, 0.717) is 17.0 Å². The van der Waals surface area contributed by atoms with Crippen molar-refractivity contribution in [3.05, 3.63) is 23.8 Å². The minimum atomic E-state index is -0.0780. The summed E-state index contributed by atoms with van der Waals surface area (Å²) in [5, 5.41) is 0. The van der Waals surface area contributed by atoms with Crippen molar-refractivity contribution in [2.24, 2.45) is 5.92 Å². The van der Waals surface area contributed by atoms with E-state index >= 15 is 0 Å². The van der Waals surface area contributed by atoms with Crippen molar-refractivity contribution in [2.75, 3.05) is 25.4 Å². The van der Waals surface area contributed by atoms with E-state index in [9.17, 15) is 9.59 Å². The molecule has 23 heavy (non-hydrogen) atoms. The van der Waals surface area contributed by atoms with E-state index in [0.717, 1.165) is 25.9 Å². The van der Waals surface area contributed by atoms with Crippen LogP contribution in [0.3, 0.4) is 0 Å². The maximum Gasteiger partial charge on any atom is 0.260 e. The van der Waals surface area contributed by atoms with Gasteiger partial charge in [0.1, 0.15) is 5.75 Å². The molecule has 0 saturated carbocycles. The molecule has 5 nitrogen and oxygen atoms in total. The lowest BCUT2D eigenvalue weighted by atomic mass is 10.0. The third-order valence-electron chi connectivity index (χ3n) is 4.13. The molecule has 1 aliphatic heterocycles. The SMILES string of the molecule is CC(C)C(=O)c1ccc(OCC(=O)N2CCCCCC2)c(N)c1. The third kappa shape index (κ3) is 4.71. The van der Waals surface area contributed by atoms with Crippen molar-refractivity contribution >= 4 is 17.4 Å². The van der Waals surface area contributed by atoms with Crippen LogP contribution in [0.25, 0.3) is 0 Å². The predicted octanol–water partition coefficient (Wildman–Crippen LogP) is 2.89. The van der Waals surface area contributed by atoms with Crippen molar-refractivity contribution in [3.63, 3.8) is 0 Å². The van der Waals surface area contributed by atoms with E-state index in [-0.39, 0.29) is 24.2 Å². The Labute approximate surface area is 137 Å². The Balaban J connectivity index is 1.95. The molecule has 1 saturated heterocycles. The molecule has 126 valence electrons. The number of anilines is 1. The molecule has 0 aromatic heterocycles. The Morgan fingerprint density at radius 3 is 2.39 bits per heavy atom. The molecule has 5 heteroatoms. The third-order valence-corrected chi connectivity index (χ3v) is 4.13. The lowest BCUT2D eigenvalue weighted by Gasteiger charge is -2.20. The number of nitrogens with two attached hydrogens (primary N) is 1. The molecule has 0 aliphatic carbocycles. The van der Waals surface area contributed by atoms with Gasteiger partial charge >= 0.3 is 0 Å². The number of benzene rings is 1. The van der Waals surface area contributed by atoms with Crippen LogP contribution in [-0.4, -0.2) is 36.3 Å². The smallest absolute Gasteiger partial charge is 0.260 e. The fourth-order valence-electron chi connectivity index (χ4n) is 2.72. The van der Waals surface area contributed by atoms with Crippen molar-refractivity contribution in [2.45, 2.75) is 39.5 Å². The first-order valence-corrected chi connectivity index (χ1v) is 8.33. The Hall–Kier alpha value is -2.04. The molecular weight excluding hydrogens is 292 g/mol. The molecule has 1 aromatic carbocycles. The molecule has 0 spiro atoms. The molecule has 1 aliphatic rings. The van der Waals surface area contributed by atoms with Crippen LogP contribution in [0, 0.1) is 5.92 Å². The van der Waals surface area contributed by atoms with E-state index in [1.165, 1.54) is 12.8 Å². The first kappa shape index (κ1) is 17.3. The molecule has 0 bridgehead atoms. The van der Waals surface area contributed by atoms with E-state index in [2.05, 4.69) is 0 Å². The van der Waals surface area contributed by atoms with Crippen LogP contribution >= 0.6 is 0 Å². The molecule has 1 heterocycles. The minimum absolute atomic E-state index is 0.00590. The quantitative estimate of drug-likeness (QED) is 0.669. The maximum atomic E-state index is 12.2. The van der Waals surface area contributed by atoms with Crippen LogP contribution in [0.1, 0.15) is 49.9 Å². The zero-order valence-corrected chi connectivity index (χ0v) is 14.0. The highest BCUT2D eigenvalue weighted by Crippen LogP contribution is 2.24. The minimum Gasteiger partial charge on any atom is -0.482 e. The number of ketones is 1. The first-order chi connectivity index (χ1) is 11.0. The van der Waals surface area contributed by atoms with Gasteiger partial charge in [0, 0.05) is 24.6 Å². The Kier molecular flexibility index (Phi) is 6.02. The summed E-state index contributed by atoms with van der Waals surface area (Å²) in [5.41, 5.74) is 6.91. The summed E-state index contributed by atoms with van der Waals surface area (Å²) >= 11 is 0. The second-order valence-electron chi connectivity index (χ2n) is 6.36. The first-order valence-electron chi connectivity index (χ1n) is 8.33. The molecule has 2 rings (SSSR count). The number of nitrogens with zero attached hydrogens (tertiary/aromatic N) is 1. The van der Waals surface area contributed by atoms with E-state index in [1.807, 2.05) is 18.7 Å². The van der Waals surface area contributed by atoms with Crippen molar-refractivity contribution < 1.29 is 14.3 Å². The van der Waals surface area contributed by atoms with E-state index in [4.69, 9.17) is 10.5 Å². The van der Waals surface area contributed by atoms with Crippen molar-refractivity contribution in [3.8, 4) is 5.75 Å². The van der Waals surface area contributed by atoms with Crippen molar-refractivity contribution in [1.82, 2.24) is 4.90 Å². The van der Waals surface area contributed by atoms with Gasteiger partial charge in [0.25, 0.3) is 5.91 Å². The summed E-state index contributed by atoms with van der Waals surface area (Å²) in [4.78, 5) is 26.0. The summed E-state index contributed by atoms with van der Waals surface area (Å²) in [6, 6.07) is 4.99. The van der Waals surface area contributed by atoms with Gasteiger partial charge in [-0.05, 0) is 31.0 Å². The molecule has 0 radical (unpaired) electrons. The highest BCUT2D eigenvalue weighted by Gasteiger charge is 2.17. The van der Waals surface area contributed by atoms with Crippen LogP contribution in [0.4, 0.5) is 5.69 Å². The average molecular weight is 318 g/mol. The zero-order valence-electron chi connectivity index (χ0n) is 14.0. The summed E-state index contributed by atoms with van der Waals surface area (Å²) in [5.74, 6) is 0.414. The fraction of sp³-hybridized carbons (Fsp3) is 0.556. The molecule has 2 N–H and O–H groups in total. The second kappa shape index (κ2) is 7.99. The predicted molar refractivity (Wildman–Crippen MR) is 90.6 cm³/mol. The summed E-state index contributed by atoms with van der Waals surface area (Å²) < 4.78 is 5.56. The van der Waals surface area contributed by atoms with Crippen molar-refractivity contribution in [1.29, 1.82) is 0 Å². The lowest BCUT2D eigenvalue weighted by Crippen LogP contribution is -2.35. The van der Waals surface area contributed by atoms with Gasteiger partial charge in [-0.25, -0.2) is 0 Å². The number of carbonyl (C=O) groups is 2. The normalized spacial score (nSPS) is 15.3. The molecule has 1 fully saturated rings. The zero-order chi connectivity index (χ0) is 16.8. The number of rotatable bonds is 5. The van der Waals surface area contributed by atoms with E-state index in [1.54, 1.807) is 18.2 Å². The summed E-state index contributed by atoms with van der Waals surface area (Å²) in [7, 11) is 0. The molecule has 1 aromatic rings. The van der Waals surface area contributed by atoms with Crippen LogP contribution in [0.2, 0.25) is 0 Å². The maximum absolute atomic E-state index is 12.2. The van der Waals surface area contributed by atoms with Crippen LogP contribution in [0.5, 0.6) is 5.75 Å². The number of hydrogen-bond donors (Lipinski definition) is 1. The van der Waals surface area contributed by atoms with Crippen LogP contribution in [-0.2, 0) is 4.79 Å². The number of likely N-dealkylation sites (tertiary alicyclic amines) is 1. The van der Waals surface area contributed by atoms with Gasteiger partial charge in [0.2, 0.25) is 0 Å². The largest absolute Gasteiger partial charge is 0.482 e. The van der Waals surface area contributed by atoms with E-state index < -0.39 is 0 Å². The molecule has 1 amide bonds. The fourth-order valence-corrected chi connectivity index (χ4v) is 2.72. The highest BCUT2D eigenvalue weighted by molar-refractivity contribution is 5.98. The van der Waals surface area contributed by atoms with Gasteiger partial charge < -0.3 is 15.4 Å². The Bertz CT molecular complexity index is 561. The monoisotopic (exact) mass is 318 g/mol. The number of amides is 1. The molecular formula is C18H26N2O3. The number of Topliss-reactive ketones (excluding diaryl/α,β-unsaturated/α-hetero) is 1. The van der Waals surface area contributed by atoms with Gasteiger partial charge in [0.05, 0.1) is 5.69 Å². The van der Waals surface area contributed by atoms with Crippen LogP contribution < -0.4 is 10.5 Å².